The SMILES string of the molecule is CCOC(=O)Nc1nc2c(-c3ncccn3)cc(-c3ccc(CN4CCOCC4)nc3)cc2[nH]1. The molecule has 1 saturated heterocycles. The quantitative estimate of drug-likeness (QED) is 0.450. The highest BCUT2D eigenvalue weighted by atomic mass is 16.5. The van der Waals surface area contributed by atoms with Gasteiger partial charge in [0.05, 0.1) is 31.0 Å². The first-order valence-corrected chi connectivity index (χ1v) is 11.2. The Bertz CT molecular complexity index is 1270. The number of nitrogens with zero attached hydrogens (tertiary/aromatic N) is 5. The summed E-state index contributed by atoms with van der Waals surface area (Å²) in [6.45, 7) is 6.18. The van der Waals surface area contributed by atoms with Crippen molar-refractivity contribution in [2.75, 3.05) is 38.2 Å². The fourth-order valence-electron chi connectivity index (χ4n) is 3.89. The number of pyridine rings is 1. The number of anilines is 1. The van der Waals surface area contributed by atoms with Crippen LogP contribution < -0.4 is 5.32 Å². The molecule has 4 heterocycles. The molecule has 0 spiro atoms. The van der Waals surface area contributed by atoms with Crippen LogP contribution in [-0.2, 0) is 16.0 Å². The van der Waals surface area contributed by atoms with Gasteiger partial charge in [-0.05, 0) is 36.8 Å². The van der Waals surface area contributed by atoms with Gasteiger partial charge in [-0.2, -0.15) is 0 Å². The summed E-state index contributed by atoms with van der Waals surface area (Å²) in [5.41, 5.74) is 5.05. The van der Waals surface area contributed by atoms with Crippen LogP contribution in [0.2, 0.25) is 0 Å². The van der Waals surface area contributed by atoms with Gasteiger partial charge in [-0.15, -0.1) is 0 Å². The Morgan fingerprint density at radius 3 is 2.71 bits per heavy atom. The summed E-state index contributed by atoms with van der Waals surface area (Å²) < 4.78 is 10.4. The van der Waals surface area contributed by atoms with Crippen molar-refractivity contribution < 1.29 is 14.3 Å². The Morgan fingerprint density at radius 2 is 1.97 bits per heavy atom. The second kappa shape index (κ2) is 9.94. The van der Waals surface area contributed by atoms with E-state index in [1.807, 2.05) is 24.4 Å². The zero-order valence-electron chi connectivity index (χ0n) is 18.8. The van der Waals surface area contributed by atoms with Gasteiger partial charge in [-0.1, -0.05) is 6.07 Å². The first-order chi connectivity index (χ1) is 16.7. The number of ether oxygens (including phenoxy) is 2. The third kappa shape index (κ3) is 4.87. The molecule has 34 heavy (non-hydrogen) atoms. The second-order valence-electron chi connectivity index (χ2n) is 7.85. The lowest BCUT2D eigenvalue weighted by Gasteiger charge is -2.26. The molecule has 0 saturated carbocycles. The van der Waals surface area contributed by atoms with E-state index < -0.39 is 6.09 Å². The number of carbonyl (C=O) groups excluding carboxylic acids is 1. The van der Waals surface area contributed by atoms with Gasteiger partial charge in [0.15, 0.2) is 5.82 Å². The standard InChI is InChI=1S/C24H25N7O3/c1-2-34-24(32)30-23-28-20-13-17(12-19(21(20)29-23)22-25-6-3-7-26-22)16-4-5-18(27-14-16)15-31-8-10-33-11-9-31/h3-7,12-14H,2,8-11,15H2,1H3,(H2,28,29,30,32). The number of amides is 1. The second-order valence-corrected chi connectivity index (χ2v) is 7.85. The van der Waals surface area contributed by atoms with Crippen LogP contribution in [0.15, 0.2) is 48.9 Å². The molecule has 3 aromatic heterocycles. The Kier molecular flexibility index (Phi) is 6.41. The van der Waals surface area contributed by atoms with Gasteiger partial charge in [0.2, 0.25) is 5.95 Å². The van der Waals surface area contributed by atoms with E-state index in [-0.39, 0.29) is 6.61 Å². The van der Waals surface area contributed by atoms with Crippen molar-refractivity contribution in [2.24, 2.45) is 0 Å². The summed E-state index contributed by atoms with van der Waals surface area (Å²) in [4.78, 5) is 35.4. The number of carbonyl (C=O) groups is 1. The molecule has 0 radical (unpaired) electrons. The molecule has 0 bridgehead atoms. The third-order valence-electron chi connectivity index (χ3n) is 5.54. The van der Waals surface area contributed by atoms with Gasteiger partial charge in [0.1, 0.15) is 5.52 Å². The zero-order valence-corrected chi connectivity index (χ0v) is 18.8. The maximum atomic E-state index is 11.9. The first kappa shape index (κ1) is 21.9. The largest absolute Gasteiger partial charge is 0.450 e. The maximum Gasteiger partial charge on any atom is 0.413 e. The van der Waals surface area contributed by atoms with Gasteiger partial charge in [-0.3, -0.25) is 15.2 Å². The number of benzene rings is 1. The van der Waals surface area contributed by atoms with Crippen molar-refractivity contribution in [3.8, 4) is 22.5 Å². The van der Waals surface area contributed by atoms with Crippen molar-refractivity contribution in [3.05, 3.63) is 54.6 Å². The van der Waals surface area contributed by atoms with Crippen molar-refractivity contribution in [1.82, 2.24) is 29.8 Å². The van der Waals surface area contributed by atoms with Crippen LogP contribution >= 0.6 is 0 Å². The topological polar surface area (TPSA) is 118 Å². The lowest BCUT2D eigenvalue weighted by atomic mass is 10.0. The molecule has 10 heteroatoms. The number of fused-ring (bicyclic) bond motifs is 1. The minimum absolute atomic E-state index is 0.272. The molecule has 0 unspecified atom stereocenters. The summed E-state index contributed by atoms with van der Waals surface area (Å²) in [6.07, 6.45) is 4.68. The molecule has 0 atom stereocenters. The number of H-pyrrole nitrogens is 1. The summed E-state index contributed by atoms with van der Waals surface area (Å²) >= 11 is 0. The fourth-order valence-corrected chi connectivity index (χ4v) is 3.89. The van der Waals surface area contributed by atoms with Crippen LogP contribution in [-0.4, -0.2) is 68.8 Å². The van der Waals surface area contributed by atoms with Crippen LogP contribution in [0.25, 0.3) is 33.5 Å². The summed E-state index contributed by atoms with van der Waals surface area (Å²) in [5, 5.41) is 2.62. The first-order valence-electron chi connectivity index (χ1n) is 11.2. The minimum atomic E-state index is -0.570. The molecular formula is C24H25N7O3. The normalized spacial score (nSPS) is 14.3. The van der Waals surface area contributed by atoms with Crippen molar-refractivity contribution in [2.45, 2.75) is 13.5 Å². The molecule has 5 rings (SSSR count). The van der Waals surface area contributed by atoms with Crippen molar-refractivity contribution in [1.29, 1.82) is 0 Å². The lowest BCUT2D eigenvalue weighted by Crippen LogP contribution is -2.35. The van der Waals surface area contributed by atoms with E-state index in [1.165, 1.54) is 0 Å². The number of aromatic nitrogens is 5. The summed E-state index contributed by atoms with van der Waals surface area (Å²) in [6, 6.07) is 9.84. The van der Waals surface area contributed by atoms with Gasteiger partial charge < -0.3 is 14.5 Å². The number of hydrogen-bond donors (Lipinski definition) is 2. The highest BCUT2D eigenvalue weighted by Gasteiger charge is 2.16. The number of morpholine rings is 1. The van der Waals surface area contributed by atoms with E-state index in [0.717, 1.165) is 60.7 Å². The third-order valence-corrected chi connectivity index (χ3v) is 5.54. The number of nitrogens with one attached hydrogen (secondary N) is 2. The van der Waals surface area contributed by atoms with E-state index >= 15 is 0 Å². The molecule has 174 valence electrons. The highest BCUT2D eigenvalue weighted by molar-refractivity contribution is 5.96. The molecule has 0 aliphatic carbocycles. The average Bonchev–Trinajstić information content (AvgIpc) is 3.27. The molecule has 1 aliphatic rings. The molecule has 4 aromatic rings. The molecule has 2 N–H and O–H groups in total. The Hall–Kier alpha value is -3.89. The molecule has 1 fully saturated rings. The summed E-state index contributed by atoms with van der Waals surface area (Å²) in [7, 11) is 0. The average molecular weight is 460 g/mol. The molecule has 10 nitrogen and oxygen atoms in total. The molecular weight excluding hydrogens is 434 g/mol. The predicted octanol–water partition coefficient (Wildman–Crippen LogP) is 3.48. The van der Waals surface area contributed by atoms with Gasteiger partial charge in [0, 0.05) is 49.4 Å². The number of hydrogen-bond acceptors (Lipinski definition) is 8. The number of imidazole rings is 1. The number of aromatic amines is 1. The zero-order chi connectivity index (χ0) is 23.3. The maximum absolute atomic E-state index is 11.9. The van der Waals surface area contributed by atoms with Crippen LogP contribution in [0.3, 0.4) is 0 Å². The van der Waals surface area contributed by atoms with Crippen LogP contribution in [0.5, 0.6) is 0 Å². The Balaban J connectivity index is 1.48. The van der Waals surface area contributed by atoms with E-state index in [2.05, 4.69) is 41.2 Å². The van der Waals surface area contributed by atoms with Crippen molar-refractivity contribution >= 4 is 23.1 Å². The van der Waals surface area contributed by atoms with Crippen molar-refractivity contribution in [3.63, 3.8) is 0 Å². The van der Waals surface area contributed by atoms with Gasteiger partial charge >= 0.3 is 6.09 Å². The monoisotopic (exact) mass is 459 g/mol. The van der Waals surface area contributed by atoms with Crippen LogP contribution in [0.4, 0.5) is 10.7 Å². The lowest BCUT2D eigenvalue weighted by molar-refractivity contribution is 0.0336. The molecule has 1 amide bonds. The summed E-state index contributed by atoms with van der Waals surface area (Å²) in [5.74, 6) is 0.835. The van der Waals surface area contributed by atoms with Gasteiger partial charge in [0.25, 0.3) is 0 Å². The predicted molar refractivity (Wildman–Crippen MR) is 127 cm³/mol. The minimum Gasteiger partial charge on any atom is -0.450 e. The smallest absolute Gasteiger partial charge is 0.413 e. The molecule has 1 aliphatic heterocycles. The van der Waals surface area contributed by atoms with Crippen LogP contribution in [0, 0.1) is 0 Å². The van der Waals surface area contributed by atoms with Gasteiger partial charge in [-0.25, -0.2) is 19.7 Å². The van der Waals surface area contributed by atoms with E-state index in [9.17, 15) is 4.79 Å². The molecule has 1 aromatic carbocycles. The van der Waals surface area contributed by atoms with E-state index in [0.29, 0.717) is 17.3 Å². The van der Waals surface area contributed by atoms with E-state index in [1.54, 1.807) is 25.4 Å². The Labute approximate surface area is 196 Å². The number of rotatable bonds is 6. The van der Waals surface area contributed by atoms with Crippen LogP contribution in [0.1, 0.15) is 12.6 Å². The Morgan fingerprint density at radius 1 is 1.15 bits per heavy atom. The van der Waals surface area contributed by atoms with E-state index in [4.69, 9.17) is 9.47 Å². The highest BCUT2D eigenvalue weighted by Crippen LogP contribution is 2.32. The fraction of sp³-hybridized carbons (Fsp3) is 0.292.